The lowest BCUT2D eigenvalue weighted by Crippen LogP contribution is -2.34. The van der Waals surface area contributed by atoms with Gasteiger partial charge in [-0.05, 0) is 12.1 Å². The van der Waals surface area contributed by atoms with Gasteiger partial charge >= 0.3 is 0 Å². The van der Waals surface area contributed by atoms with Gasteiger partial charge < -0.3 is 10.4 Å². The van der Waals surface area contributed by atoms with Crippen molar-refractivity contribution in [2.75, 3.05) is 30.4 Å². The van der Waals surface area contributed by atoms with Crippen LogP contribution in [0.25, 0.3) is 0 Å². The van der Waals surface area contributed by atoms with Gasteiger partial charge in [-0.15, -0.1) is 0 Å². The van der Waals surface area contributed by atoms with Gasteiger partial charge in [-0.2, -0.15) is 23.5 Å². The summed E-state index contributed by atoms with van der Waals surface area (Å²) in [4.78, 5) is 16.2. The van der Waals surface area contributed by atoms with Gasteiger partial charge in [0.05, 0.1) is 5.56 Å². The molecule has 0 aromatic carbocycles. The van der Waals surface area contributed by atoms with Gasteiger partial charge in [0.25, 0.3) is 5.91 Å². The number of nitrogens with one attached hydrogen (secondary N) is 1. The van der Waals surface area contributed by atoms with Crippen molar-refractivity contribution in [2.24, 2.45) is 0 Å². The van der Waals surface area contributed by atoms with E-state index in [1.165, 1.54) is 5.75 Å². The zero-order chi connectivity index (χ0) is 14.2. The molecule has 0 radical (unpaired) electrons. The predicted molar refractivity (Wildman–Crippen MR) is 84.1 cm³/mol. The summed E-state index contributed by atoms with van der Waals surface area (Å²) < 4.78 is 0. The van der Waals surface area contributed by atoms with Gasteiger partial charge in [0.1, 0.15) is 12.3 Å². The number of thioether (sulfide) groups is 2. The highest BCUT2D eigenvalue weighted by Crippen LogP contribution is 2.23. The number of carbonyl (C=O) groups excluding carboxylic acids is 1. The number of aliphatic hydroxyl groups excluding tert-OH is 1. The number of aliphatic hydroxyl groups is 1. The quantitative estimate of drug-likeness (QED) is 0.816. The van der Waals surface area contributed by atoms with Crippen molar-refractivity contribution < 1.29 is 9.90 Å². The van der Waals surface area contributed by atoms with Crippen molar-refractivity contribution in [2.45, 2.75) is 5.25 Å². The molecule has 2 heterocycles. The zero-order valence-electron chi connectivity index (χ0n) is 11.0. The van der Waals surface area contributed by atoms with Crippen molar-refractivity contribution >= 4 is 29.4 Å². The van der Waals surface area contributed by atoms with Crippen molar-refractivity contribution in [3.63, 3.8) is 0 Å². The fourth-order valence-electron chi connectivity index (χ4n) is 1.77. The predicted octanol–water partition coefficient (Wildman–Crippen LogP) is 1.00. The second-order valence-corrected chi connectivity index (χ2v) is 6.70. The Balaban J connectivity index is 1.97. The summed E-state index contributed by atoms with van der Waals surface area (Å²) in [7, 11) is 0. The summed E-state index contributed by atoms with van der Waals surface area (Å²) in [6, 6.07) is 3.46. The monoisotopic (exact) mass is 308 g/mol. The van der Waals surface area contributed by atoms with E-state index < -0.39 is 0 Å². The van der Waals surface area contributed by atoms with E-state index in [0.29, 0.717) is 23.1 Å². The van der Waals surface area contributed by atoms with E-state index >= 15 is 0 Å². The van der Waals surface area contributed by atoms with Crippen molar-refractivity contribution in [1.29, 1.82) is 0 Å². The zero-order valence-corrected chi connectivity index (χ0v) is 12.6. The van der Waals surface area contributed by atoms with Crippen LogP contribution in [0.2, 0.25) is 0 Å². The number of amides is 1. The van der Waals surface area contributed by atoms with Crippen LogP contribution >= 0.6 is 23.5 Å². The molecule has 1 aromatic heterocycles. The van der Waals surface area contributed by atoms with Crippen LogP contribution in [0.3, 0.4) is 0 Å². The number of hydrogen-bond acceptors (Lipinski definition) is 5. The molecule has 0 spiro atoms. The van der Waals surface area contributed by atoms with Crippen LogP contribution < -0.4 is 5.32 Å². The Bertz CT molecular complexity index is 519. The molecule has 0 bridgehead atoms. The largest absolute Gasteiger partial charge is 0.384 e. The lowest BCUT2D eigenvalue weighted by atomic mass is 10.2. The van der Waals surface area contributed by atoms with Crippen LogP contribution in [-0.4, -0.2) is 51.7 Å². The molecule has 1 amide bonds. The first-order chi connectivity index (χ1) is 9.81. The molecule has 1 unspecified atom stereocenters. The molecule has 1 atom stereocenters. The second-order valence-electron chi connectivity index (χ2n) is 4.14. The second kappa shape index (κ2) is 8.20. The minimum Gasteiger partial charge on any atom is -0.384 e. The van der Waals surface area contributed by atoms with Gasteiger partial charge in [0.2, 0.25) is 0 Å². The SMILES string of the molecule is O=C(NCC1CSCCS1)c1ncccc1C#CCO. The fraction of sp³-hybridized carbons (Fsp3) is 0.429. The highest BCUT2D eigenvalue weighted by atomic mass is 32.2. The van der Waals surface area contributed by atoms with Crippen LogP contribution in [0, 0.1) is 11.8 Å². The van der Waals surface area contributed by atoms with Crippen molar-refractivity contribution in [1.82, 2.24) is 10.3 Å². The Morgan fingerprint density at radius 1 is 1.55 bits per heavy atom. The van der Waals surface area contributed by atoms with Crippen LogP contribution in [0.4, 0.5) is 0 Å². The number of nitrogens with zero attached hydrogens (tertiary/aromatic N) is 1. The van der Waals surface area contributed by atoms with E-state index in [1.807, 2.05) is 23.5 Å². The Morgan fingerprint density at radius 3 is 3.20 bits per heavy atom. The number of aromatic nitrogens is 1. The Kier molecular flexibility index (Phi) is 6.25. The standard InChI is InChI=1S/C14H16N2O2S2/c17-6-2-4-11-3-1-5-15-13(11)14(18)16-9-12-10-19-7-8-20-12/h1,3,5,12,17H,6-10H2,(H,16,18). The Labute approximate surface area is 127 Å². The third-order valence-electron chi connectivity index (χ3n) is 2.70. The summed E-state index contributed by atoms with van der Waals surface area (Å²) in [6.07, 6.45) is 1.57. The topological polar surface area (TPSA) is 62.2 Å². The molecule has 20 heavy (non-hydrogen) atoms. The van der Waals surface area contributed by atoms with E-state index in [4.69, 9.17) is 5.11 Å². The third-order valence-corrected chi connectivity index (χ3v) is 5.55. The third kappa shape index (κ3) is 4.44. The lowest BCUT2D eigenvalue weighted by molar-refractivity contribution is 0.0949. The molecule has 1 aromatic rings. The molecule has 0 aliphatic carbocycles. The number of hydrogen-bond donors (Lipinski definition) is 2. The summed E-state index contributed by atoms with van der Waals surface area (Å²) in [6.45, 7) is 0.422. The minimum atomic E-state index is -0.230. The van der Waals surface area contributed by atoms with Crippen LogP contribution in [0.5, 0.6) is 0 Å². The molecule has 0 saturated carbocycles. The van der Waals surface area contributed by atoms with E-state index in [0.717, 1.165) is 11.5 Å². The molecule has 2 rings (SSSR count). The van der Waals surface area contributed by atoms with Gasteiger partial charge in [0.15, 0.2) is 0 Å². The van der Waals surface area contributed by atoms with Gasteiger partial charge in [-0.1, -0.05) is 11.8 Å². The maximum absolute atomic E-state index is 12.2. The molecule has 6 heteroatoms. The average molecular weight is 308 g/mol. The normalized spacial score (nSPS) is 17.9. The first-order valence-corrected chi connectivity index (χ1v) is 8.54. The average Bonchev–Trinajstić information content (AvgIpc) is 2.52. The Morgan fingerprint density at radius 2 is 2.45 bits per heavy atom. The summed E-state index contributed by atoms with van der Waals surface area (Å²) in [5, 5.41) is 12.1. The maximum atomic E-state index is 12.2. The molecule has 1 aliphatic heterocycles. The summed E-state index contributed by atoms with van der Waals surface area (Å²) >= 11 is 3.83. The van der Waals surface area contributed by atoms with Gasteiger partial charge in [-0.3, -0.25) is 4.79 Å². The van der Waals surface area contributed by atoms with E-state index in [-0.39, 0.29) is 12.5 Å². The van der Waals surface area contributed by atoms with Gasteiger partial charge in [-0.25, -0.2) is 4.98 Å². The molecule has 1 fully saturated rings. The van der Waals surface area contributed by atoms with E-state index in [1.54, 1.807) is 18.3 Å². The minimum absolute atomic E-state index is 0.205. The summed E-state index contributed by atoms with van der Waals surface area (Å²) in [5.74, 6) is 8.49. The van der Waals surface area contributed by atoms with Crippen LogP contribution in [0.15, 0.2) is 18.3 Å². The smallest absolute Gasteiger partial charge is 0.271 e. The molecule has 4 nitrogen and oxygen atoms in total. The Hall–Kier alpha value is -1.16. The number of rotatable bonds is 3. The molecular weight excluding hydrogens is 292 g/mol. The molecule has 1 saturated heterocycles. The highest BCUT2D eigenvalue weighted by molar-refractivity contribution is 8.06. The molecule has 2 N–H and O–H groups in total. The van der Waals surface area contributed by atoms with Crippen molar-refractivity contribution in [3.05, 3.63) is 29.6 Å². The first kappa shape index (κ1) is 15.2. The highest BCUT2D eigenvalue weighted by Gasteiger charge is 2.17. The maximum Gasteiger partial charge on any atom is 0.271 e. The van der Waals surface area contributed by atoms with Crippen molar-refractivity contribution in [3.8, 4) is 11.8 Å². The lowest BCUT2D eigenvalue weighted by Gasteiger charge is -2.21. The number of pyridine rings is 1. The van der Waals surface area contributed by atoms with Crippen LogP contribution in [0.1, 0.15) is 16.1 Å². The summed E-state index contributed by atoms with van der Waals surface area (Å²) in [5.41, 5.74) is 0.867. The van der Waals surface area contributed by atoms with E-state index in [2.05, 4.69) is 22.1 Å². The molecule has 106 valence electrons. The van der Waals surface area contributed by atoms with Crippen LogP contribution in [-0.2, 0) is 0 Å². The molecular formula is C14H16N2O2S2. The van der Waals surface area contributed by atoms with E-state index in [9.17, 15) is 4.79 Å². The first-order valence-electron chi connectivity index (χ1n) is 6.33. The number of carbonyl (C=O) groups is 1. The fourth-order valence-corrected chi connectivity index (χ4v) is 4.38. The van der Waals surface area contributed by atoms with Gasteiger partial charge in [0, 0.05) is 35.3 Å². The molecule has 1 aliphatic rings.